The van der Waals surface area contributed by atoms with E-state index in [1.165, 1.54) is 4.90 Å². The Morgan fingerprint density at radius 3 is 2.31 bits per heavy atom. The Hall–Kier alpha value is -3.64. The van der Waals surface area contributed by atoms with Crippen LogP contribution in [0.5, 0.6) is 11.5 Å². The number of thiocarbonyl (C=S) groups is 1. The van der Waals surface area contributed by atoms with E-state index in [0.29, 0.717) is 35.5 Å². The van der Waals surface area contributed by atoms with E-state index >= 15 is 0 Å². The molecule has 4 rings (SSSR count). The topological polar surface area (TPSA) is 42.0 Å². The summed E-state index contributed by atoms with van der Waals surface area (Å²) in [6.07, 6.45) is 1.82. The van der Waals surface area contributed by atoms with Crippen LogP contribution in [0.4, 0.5) is 5.69 Å². The zero-order valence-corrected chi connectivity index (χ0v) is 18.8. The summed E-state index contributed by atoms with van der Waals surface area (Å²) in [5.74, 6) is 1.28. The van der Waals surface area contributed by atoms with Crippen molar-refractivity contribution in [1.82, 2.24) is 4.90 Å². The highest BCUT2D eigenvalue weighted by Gasteiger charge is 2.36. The van der Waals surface area contributed by atoms with Gasteiger partial charge in [-0.05, 0) is 61.1 Å². The highest BCUT2D eigenvalue weighted by Crippen LogP contribution is 2.31. The van der Waals surface area contributed by atoms with Crippen molar-refractivity contribution in [3.63, 3.8) is 0 Å². The Labute approximate surface area is 193 Å². The van der Waals surface area contributed by atoms with Gasteiger partial charge in [0.05, 0.1) is 12.3 Å². The molecule has 0 atom stereocenters. The lowest BCUT2D eigenvalue weighted by molar-refractivity contribution is -0.114. The van der Waals surface area contributed by atoms with Crippen LogP contribution in [-0.2, 0) is 11.4 Å². The number of benzene rings is 3. The molecule has 32 heavy (non-hydrogen) atoms. The first-order valence-corrected chi connectivity index (χ1v) is 10.8. The highest BCUT2D eigenvalue weighted by molar-refractivity contribution is 7.80. The van der Waals surface area contributed by atoms with E-state index in [2.05, 4.69) is 0 Å². The van der Waals surface area contributed by atoms with E-state index in [1.807, 2.05) is 91.9 Å². The Balaban J connectivity index is 1.59. The maximum absolute atomic E-state index is 13.3. The summed E-state index contributed by atoms with van der Waals surface area (Å²) >= 11 is 5.58. The number of hydrogen-bond acceptors (Lipinski definition) is 4. The molecule has 1 amide bonds. The molecule has 1 aliphatic rings. The normalized spacial score (nSPS) is 14.9. The molecular formula is C26H24N2O3S. The van der Waals surface area contributed by atoms with Gasteiger partial charge in [-0.15, -0.1) is 0 Å². The minimum Gasteiger partial charge on any atom is -0.494 e. The number of carbonyl (C=O) groups excluding carboxylic acids is 1. The van der Waals surface area contributed by atoms with Gasteiger partial charge in [0.1, 0.15) is 23.8 Å². The average Bonchev–Trinajstić information content (AvgIpc) is 3.03. The van der Waals surface area contributed by atoms with Gasteiger partial charge in [-0.25, -0.2) is 0 Å². The van der Waals surface area contributed by atoms with Crippen LogP contribution in [0.2, 0.25) is 0 Å². The van der Waals surface area contributed by atoms with Crippen LogP contribution < -0.4 is 14.4 Å². The molecule has 5 nitrogen and oxygen atoms in total. The van der Waals surface area contributed by atoms with Gasteiger partial charge in [0, 0.05) is 12.6 Å². The second kappa shape index (κ2) is 9.66. The van der Waals surface area contributed by atoms with Gasteiger partial charge in [-0.3, -0.25) is 9.69 Å². The molecule has 0 radical (unpaired) electrons. The maximum Gasteiger partial charge on any atom is 0.281 e. The summed E-state index contributed by atoms with van der Waals surface area (Å²) in [6.45, 7) is 2.96. The molecule has 1 fully saturated rings. The minimum atomic E-state index is -0.181. The molecule has 1 saturated heterocycles. The second-order valence-corrected chi connectivity index (χ2v) is 7.62. The van der Waals surface area contributed by atoms with Crippen molar-refractivity contribution in [2.24, 2.45) is 0 Å². The summed E-state index contributed by atoms with van der Waals surface area (Å²) in [4.78, 5) is 16.5. The zero-order chi connectivity index (χ0) is 22.5. The van der Waals surface area contributed by atoms with Crippen LogP contribution in [0.25, 0.3) is 6.08 Å². The number of anilines is 1. The van der Waals surface area contributed by atoms with E-state index in [0.717, 1.165) is 16.9 Å². The SMILES string of the molecule is CCOc1ccc(N2C(=O)/C(=C/c3ccccc3OCc3ccccc3)N(C)C2=S)cc1. The summed E-state index contributed by atoms with van der Waals surface area (Å²) in [7, 11) is 1.80. The van der Waals surface area contributed by atoms with Crippen molar-refractivity contribution >= 4 is 35.0 Å². The Kier molecular flexibility index (Phi) is 6.52. The third kappa shape index (κ3) is 4.50. The highest BCUT2D eigenvalue weighted by atomic mass is 32.1. The molecule has 0 unspecified atom stereocenters. The summed E-state index contributed by atoms with van der Waals surface area (Å²) in [5, 5.41) is 0.424. The Morgan fingerprint density at radius 2 is 1.59 bits per heavy atom. The van der Waals surface area contributed by atoms with Crippen molar-refractivity contribution in [1.29, 1.82) is 0 Å². The number of nitrogens with zero attached hydrogens (tertiary/aromatic N) is 2. The molecule has 0 aromatic heterocycles. The number of hydrogen-bond donors (Lipinski definition) is 0. The van der Waals surface area contributed by atoms with Gasteiger partial charge < -0.3 is 14.4 Å². The first-order valence-electron chi connectivity index (χ1n) is 10.4. The number of ether oxygens (including phenoxy) is 2. The summed E-state index contributed by atoms with van der Waals surface area (Å²) < 4.78 is 11.5. The first kappa shape index (κ1) is 21.6. The molecule has 0 aliphatic carbocycles. The molecule has 3 aromatic carbocycles. The van der Waals surface area contributed by atoms with Gasteiger partial charge in [0.2, 0.25) is 0 Å². The van der Waals surface area contributed by atoms with Gasteiger partial charge in [0.25, 0.3) is 5.91 Å². The number of carbonyl (C=O) groups is 1. The van der Waals surface area contributed by atoms with Crippen LogP contribution in [-0.4, -0.2) is 29.6 Å². The smallest absolute Gasteiger partial charge is 0.281 e. The van der Waals surface area contributed by atoms with E-state index in [9.17, 15) is 4.79 Å². The standard InChI is InChI=1S/C26H24N2O3S/c1-3-30-22-15-13-21(14-16-22)28-25(29)23(27(2)26(28)32)17-20-11-7-8-12-24(20)31-18-19-9-5-4-6-10-19/h4-17H,3,18H2,1-2H3/b23-17-. The van der Waals surface area contributed by atoms with E-state index in [-0.39, 0.29) is 5.91 Å². The molecule has 3 aromatic rings. The van der Waals surface area contributed by atoms with Crippen molar-refractivity contribution in [3.05, 3.63) is 95.7 Å². The van der Waals surface area contributed by atoms with Gasteiger partial charge in [-0.2, -0.15) is 0 Å². The zero-order valence-electron chi connectivity index (χ0n) is 18.0. The molecule has 0 saturated carbocycles. The van der Waals surface area contributed by atoms with Crippen LogP contribution in [0, 0.1) is 0 Å². The molecule has 0 bridgehead atoms. The predicted molar refractivity (Wildman–Crippen MR) is 131 cm³/mol. The molecule has 1 heterocycles. The lowest BCUT2D eigenvalue weighted by Gasteiger charge is -2.16. The largest absolute Gasteiger partial charge is 0.494 e. The van der Waals surface area contributed by atoms with E-state index in [1.54, 1.807) is 11.9 Å². The van der Waals surface area contributed by atoms with Crippen molar-refractivity contribution < 1.29 is 14.3 Å². The molecule has 6 heteroatoms. The molecule has 162 valence electrons. The third-order valence-corrected chi connectivity index (χ3v) is 5.57. The van der Waals surface area contributed by atoms with E-state index in [4.69, 9.17) is 21.7 Å². The number of amides is 1. The monoisotopic (exact) mass is 444 g/mol. The lowest BCUT2D eigenvalue weighted by Crippen LogP contribution is -2.31. The van der Waals surface area contributed by atoms with Crippen LogP contribution in [0.15, 0.2) is 84.6 Å². The molecule has 0 N–H and O–H groups in total. The lowest BCUT2D eigenvalue weighted by atomic mass is 10.1. The number of rotatable bonds is 7. The Morgan fingerprint density at radius 1 is 0.906 bits per heavy atom. The number of para-hydroxylation sites is 1. The van der Waals surface area contributed by atoms with Crippen LogP contribution >= 0.6 is 12.2 Å². The fourth-order valence-electron chi connectivity index (χ4n) is 3.46. The quantitative estimate of drug-likeness (QED) is 0.367. The van der Waals surface area contributed by atoms with Gasteiger partial charge in [-0.1, -0.05) is 48.5 Å². The van der Waals surface area contributed by atoms with Crippen molar-refractivity contribution in [3.8, 4) is 11.5 Å². The van der Waals surface area contributed by atoms with Crippen LogP contribution in [0.3, 0.4) is 0 Å². The first-order chi connectivity index (χ1) is 15.6. The van der Waals surface area contributed by atoms with Gasteiger partial charge >= 0.3 is 0 Å². The number of likely N-dealkylation sites (N-methyl/N-ethyl adjacent to an activating group) is 1. The molecule has 0 spiro atoms. The fourth-order valence-corrected chi connectivity index (χ4v) is 3.74. The Bertz CT molecular complexity index is 1140. The van der Waals surface area contributed by atoms with Crippen molar-refractivity contribution in [2.45, 2.75) is 13.5 Å². The molecular weight excluding hydrogens is 420 g/mol. The minimum absolute atomic E-state index is 0.181. The fraction of sp³-hybridized carbons (Fsp3) is 0.154. The average molecular weight is 445 g/mol. The molecule has 1 aliphatic heterocycles. The van der Waals surface area contributed by atoms with Gasteiger partial charge in [0.15, 0.2) is 5.11 Å². The van der Waals surface area contributed by atoms with E-state index < -0.39 is 0 Å². The van der Waals surface area contributed by atoms with Crippen molar-refractivity contribution in [2.75, 3.05) is 18.6 Å². The van der Waals surface area contributed by atoms with Crippen LogP contribution in [0.1, 0.15) is 18.1 Å². The second-order valence-electron chi connectivity index (χ2n) is 7.25. The summed E-state index contributed by atoms with van der Waals surface area (Å²) in [5.41, 5.74) is 3.08. The predicted octanol–water partition coefficient (Wildman–Crippen LogP) is 5.27. The maximum atomic E-state index is 13.3. The summed E-state index contributed by atoms with van der Waals surface area (Å²) in [6, 6.07) is 25.0. The third-order valence-electron chi connectivity index (χ3n) is 5.12.